The van der Waals surface area contributed by atoms with Crippen LogP contribution in [0.5, 0.6) is 11.5 Å². The van der Waals surface area contributed by atoms with E-state index in [4.69, 9.17) is 9.47 Å². The van der Waals surface area contributed by atoms with Crippen molar-refractivity contribution in [2.24, 2.45) is 7.05 Å². The van der Waals surface area contributed by atoms with Gasteiger partial charge in [0.15, 0.2) is 11.5 Å². The predicted molar refractivity (Wildman–Crippen MR) is 118 cm³/mol. The lowest BCUT2D eigenvalue weighted by Crippen LogP contribution is -2.49. The summed E-state index contributed by atoms with van der Waals surface area (Å²) in [6.07, 6.45) is 1.99. The van der Waals surface area contributed by atoms with Crippen LogP contribution in [0.1, 0.15) is 11.7 Å². The third kappa shape index (κ3) is 5.56. The molecule has 1 aromatic heterocycles. The lowest BCUT2D eigenvalue weighted by molar-refractivity contribution is -0.136. The molecule has 1 aromatic carbocycles. The number of likely N-dealkylation sites (N-methyl/N-ethyl adjacent to an activating group) is 1. The summed E-state index contributed by atoms with van der Waals surface area (Å²) >= 11 is 0. The van der Waals surface area contributed by atoms with Crippen molar-refractivity contribution < 1.29 is 19.1 Å². The second kappa shape index (κ2) is 10.3. The molecule has 9 nitrogen and oxygen atoms in total. The Bertz CT molecular complexity index is 905. The van der Waals surface area contributed by atoms with Crippen LogP contribution in [0.4, 0.5) is 5.69 Å². The number of amides is 2. The van der Waals surface area contributed by atoms with E-state index in [0.29, 0.717) is 23.7 Å². The van der Waals surface area contributed by atoms with Gasteiger partial charge in [0.2, 0.25) is 0 Å². The molecule has 1 aliphatic rings. The number of nitrogens with zero attached hydrogens (tertiary/aromatic N) is 3. The molecule has 0 saturated carbocycles. The lowest BCUT2D eigenvalue weighted by Gasteiger charge is -2.38. The van der Waals surface area contributed by atoms with Gasteiger partial charge in [-0.05, 0) is 31.3 Å². The van der Waals surface area contributed by atoms with E-state index in [1.807, 2.05) is 19.3 Å². The minimum atomic E-state index is -0.726. The highest BCUT2D eigenvalue weighted by atomic mass is 16.5. The largest absolute Gasteiger partial charge is 0.493 e. The average molecular weight is 430 g/mol. The Morgan fingerprint density at radius 3 is 2.32 bits per heavy atom. The molecule has 2 heterocycles. The Morgan fingerprint density at radius 1 is 1.00 bits per heavy atom. The molecular weight excluding hydrogens is 398 g/mol. The van der Waals surface area contributed by atoms with Crippen LogP contribution in [0.15, 0.2) is 36.5 Å². The molecule has 9 heteroatoms. The Kier molecular flexibility index (Phi) is 7.54. The fourth-order valence-corrected chi connectivity index (χ4v) is 3.75. The molecule has 1 atom stereocenters. The fraction of sp³-hybridized carbons (Fsp3) is 0.455. The molecule has 1 unspecified atom stereocenters. The molecule has 2 aromatic rings. The molecule has 0 spiro atoms. The fourth-order valence-electron chi connectivity index (χ4n) is 3.75. The quantitative estimate of drug-likeness (QED) is 0.641. The van der Waals surface area contributed by atoms with E-state index in [2.05, 4.69) is 38.1 Å². The summed E-state index contributed by atoms with van der Waals surface area (Å²) in [7, 11) is 7.14. The summed E-state index contributed by atoms with van der Waals surface area (Å²) in [5.74, 6) is -0.388. The van der Waals surface area contributed by atoms with Gasteiger partial charge in [-0.15, -0.1) is 0 Å². The Hall–Kier alpha value is -3.04. The van der Waals surface area contributed by atoms with Gasteiger partial charge in [-0.2, -0.15) is 0 Å². The van der Waals surface area contributed by atoms with E-state index in [0.717, 1.165) is 31.9 Å². The van der Waals surface area contributed by atoms with Crippen molar-refractivity contribution in [3.05, 3.63) is 42.2 Å². The van der Waals surface area contributed by atoms with Gasteiger partial charge in [0.05, 0.1) is 20.3 Å². The summed E-state index contributed by atoms with van der Waals surface area (Å²) in [5, 5.41) is 5.41. The number of benzene rings is 1. The third-order valence-corrected chi connectivity index (χ3v) is 5.61. The molecule has 2 N–H and O–H groups in total. The summed E-state index contributed by atoms with van der Waals surface area (Å²) < 4.78 is 12.5. The smallest absolute Gasteiger partial charge is 0.313 e. The lowest BCUT2D eigenvalue weighted by atomic mass is 10.1. The second-order valence-electron chi connectivity index (χ2n) is 7.63. The number of rotatable bonds is 7. The molecular formula is C22H31N5O4. The van der Waals surface area contributed by atoms with Gasteiger partial charge >= 0.3 is 11.8 Å². The van der Waals surface area contributed by atoms with Gasteiger partial charge in [0, 0.05) is 63.4 Å². The number of ether oxygens (including phenoxy) is 2. The van der Waals surface area contributed by atoms with Crippen molar-refractivity contribution >= 4 is 17.5 Å². The first kappa shape index (κ1) is 22.6. The number of carbonyl (C=O) groups excluding carboxylic acids is 2. The number of hydrogen-bond donors (Lipinski definition) is 2. The molecule has 1 fully saturated rings. The zero-order valence-electron chi connectivity index (χ0n) is 18.6. The van der Waals surface area contributed by atoms with E-state index < -0.39 is 11.8 Å². The maximum atomic E-state index is 12.5. The van der Waals surface area contributed by atoms with Gasteiger partial charge in [0.1, 0.15) is 0 Å². The first-order chi connectivity index (χ1) is 14.9. The number of aromatic nitrogens is 1. The first-order valence-electron chi connectivity index (χ1n) is 10.3. The molecule has 168 valence electrons. The normalized spacial score (nSPS) is 15.9. The van der Waals surface area contributed by atoms with E-state index in [9.17, 15) is 9.59 Å². The van der Waals surface area contributed by atoms with Crippen molar-refractivity contribution in [2.75, 3.05) is 59.3 Å². The maximum absolute atomic E-state index is 12.5. The maximum Gasteiger partial charge on any atom is 0.313 e. The first-order valence-corrected chi connectivity index (χ1v) is 10.3. The number of piperazine rings is 1. The standard InChI is InChI=1S/C22H31N5O4/c1-25-10-12-27(13-11-25)18(17-6-5-9-26(17)2)15-23-21(28)22(29)24-16-7-8-19(30-3)20(14-16)31-4/h5-9,14,18H,10-13,15H2,1-4H3,(H,23,28)(H,24,29). The molecule has 0 aliphatic carbocycles. The highest BCUT2D eigenvalue weighted by molar-refractivity contribution is 6.39. The molecule has 3 rings (SSSR count). The van der Waals surface area contributed by atoms with Crippen LogP contribution in [-0.4, -0.2) is 80.2 Å². The van der Waals surface area contributed by atoms with Crippen LogP contribution in [0.2, 0.25) is 0 Å². The summed E-state index contributed by atoms with van der Waals surface area (Å²) in [6.45, 7) is 4.09. The van der Waals surface area contributed by atoms with Gasteiger partial charge in [-0.3, -0.25) is 14.5 Å². The van der Waals surface area contributed by atoms with Crippen molar-refractivity contribution in [1.29, 1.82) is 0 Å². The van der Waals surface area contributed by atoms with Crippen LogP contribution in [0, 0.1) is 0 Å². The Labute approximate surface area is 182 Å². The number of methoxy groups -OCH3 is 2. The van der Waals surface area contributed by atoms with Crippen molar-refractivity contribution in [3.63, 3.8) is 0 Å². The van der Waals surface area contributed by atoms with Crippen LogP contribution < -0.4 is 20.1 Å². The highest BCUT2D eigenvalue weighted by Crippen LogP contribution is 2.29. The SMILES string of the molecule is COc1ccc(NC(=O)C(=O)NCC(c2cccn2C)N2CCN(C)CC2)cc1OC. The number of anilines is 1. The van der Waals surface area contributed by atoms with Crippen molar-refractivity contribution in [1.82, 2.24) is 19.7 Å². The second-order valence-corrected chi connectivity index (χ2v) is 7.63. The molecule has 0 bridgehead atoms. The Balaban J connectivity index is 1.63. The molecule has 0 radical (unpaired) electrons. The number of hydrogen-bond acceptors (Lipinski definition) is 6. The molecule has 1 aliphatic heterocycles. The van der Waals surface area contributed by atoms with E-state index in [1.165, 1.54) is 14.2 Å². The van der Waals surface area contributed by atoms with E-state index >= 15 is 0 Å². The van der Waals surface area contributed by atoms with Gasteiger partial charge < -0.3 is 29.6 Å². The average Bonchev–Trinajstić information content (AvgIpc) is 3.20. The van der Waals surface area contributed by atoms with Crippen LogP contribution in [0.3, 0.4) is 0 Å². The van der Waals surface area contributed by atoms with Gasteiger partial charge in [-0.25, -0.2) is 0 Å². The van der Waals surface area contributed by atoms with Crippen LogP contribution in [-0.2, 0) is 16.6 Å². The van der Waals surface area contributed by atoms with Crippen LogP contribution >= 0.6 is 0 Å². The zero-order valence-corrected chi connectivity index (χ0v) is 18.6. The van der Waals surface area contributed by atoms with Gasteiger partial charge in [-0.1, -0.05) is 0 Å². The van der Waals surface area contributed by atoms with Gasteiger partial charge in [0.25, 0.3) is 0 Å². The summed E-state index contributed by atoms with van der Waals surface area (Å²) in [4.78, 5) is 29.6. The highest BCUT2D eigenvalue weighted by Gasteiger charge is 2.27. The zero-order chi connectivity index (χ0) is 22.4. The van der Waals surface area contributed by atoms with E-state index in [1.54, 1.807) is 18.2 Å². The third-order valence-electron chi connectivity index (χ3n) is 5.61. The molecule has 31 heavy (non-hydrogen) atoms. The van der Waals surface area contributed by atoms with E-state index in [-0.39, 0.29) is 6.04 Å². The molecule has 1 saturated heterocycles. The minimum absolute atomic E-state index is 0.00784. The number of nitrogens with one attached hydrogen (secondary N) is 2. The van der Waals surface area contributed by atoms with Crippen LogP contribution in [0.25, 0.3) is 0 Å². The predicted octanol–water partition coefficient (Wildman–Crippen LogP) is 1.09. The summed E-state index contributed by atoms with van der Waals surface area (Å²) in [5.41, 5.74) is 1.56. The summed E-state index contributed by atoms with van der Waals surface area (Å²) in [6, 6.07) is 8.98. The molecule has 2 amide bonds. The Morgan fingerprint density at radius 2 is 1.71 bits per heavy atom. The number of carbonyl (C=O) groups is 2. The topological polar surface area (TPSA) is 88.1 Å². The minimum Gasteiger partial charge on any atom is -0.493 e. The van der Waals surface area contributed by atoms with Crippen molar-refractivity contribution in [3.8, 4) is 11.5 Å². The van der Waals surface area contributed by atoms with Crippen molar-refractivity contribution in [2.45, 2.75) is 6.04 Å². The monoisotopic (exact) mass is 429 g/mol. The number of aryl methyl sites for hydroxylation is 1.